The van der Waals surface area contributed by atoms with Crippen LogP contribution in [0.3, 0.4) is 0 Å². The van der Waals surface area contributed by atoms with Gasteiger partial charge in [-0.15, -0.1) is 0 Å². The summed E-state index contributed by atoms with van der Waals surface area (Å²) in [4.78, 5) is 15.0. The summed E-state index contributed by atoms with van der Waals surface area (Å²) in [5.41, 5.74) is 0. The van der Waals surface area contributed by atoms with Crippen LogP contribution in [0.5, 0.6) is 0 Å². The van der Waals surface area contributed by atoms with Crippen LogP contribution in [0.1, 0.15) is 84.5 Å². The van der Waals surface area contributed by atoms with Crippen molar-refractivity contribution in [2.24, 2.45) is 11.8 Å². The highest BCUT2D eigenvalue weighted by atomic mass is 16.4. The second kappa shape index (κ2) is 13.6. The van der Waals surface area contributed by atoms with Gasteiger partial charge in [-0.1, -0.05) is 52.4 Å². The van der Waals surface area contributed by atoms with Gasteiger partial charge in [0.05, 0.1) is 18.5 Å². The third-order valence-electron chi connectivity index (χ3n) is 7.99. The molecule has 3 rings (SSSR count). The van der Waals surface area contributed by atoms with Crippen molar-refractivity contribution in [1.82, 2.24) is 20.4 Å². The minimum Gasteiger partial charge on any atom is -0.481 e. The fourth-order valence-electron chi connectivity index (χ4n) is 6.18. The minimum absolute atomic E-state index is 0.259. The van der Waals surface area contributed by atoms with Crippen LogP contribution in [0, 0.1) is 11.8 Å². The molecule has 0 spiro atoms. The number of carbonyl (C=O) groups is 1. The summed E-state index contributed by atoms with van der Waals surface area (Å²) in [5.74, 6) is -0.441. The van der Waals surface area contributed by atoms with Crippen molar-refractivity contribution in [1.29, 1.82) is 0 Å². The van der Waals surface area contributed by atoms with Crippen LogP contribution < -0.4 is 10.6 Å². The van der Waals surface area contributed by atoms with E-state index in [2.05, 4.69) is 10.6 Å². The average Bonchev–Trinajstić information content (AvgIpc) is 3.09. The molecule has 0 radical (unpaired) electrons. The van der Waals surface area contributed by atoms with E-state index in [1.54, 1.807) is 0 Å². The highest BCUT2D eigenvalue weighted by molar-refractivity contribution is 5.67. The van der Waals surface area contributed by atoms with E-state index in [4.69, 9.17) is 0 Å². The normalized spacial score (nSPS) is 30.9. The Kier molecular flexibility index (Phi) is 11.2. The Morgan fingerprint density at radius 3 is 2.23 bits per heavy atom. The smallest absolute Gasteiger partial charge is 0.305 e. The molecule has 10 nitrogen and oxygen atoms in total. The molecule has 204 valence electrons. The molecule has 2 aliphatic heterocycles. The van der Waals surface area contributed by atoms with Crippen LogP contribution in [-0.4, -0.2) is 97.6 Å². The minimum atomic E-state index is -1.36. The largest absolute Gasteiger partial charge is 0.481 e. The SMILES string of the molecule is CC(C)C[C@@H]1NC(O)N([C@@H](CC(=O)O)C(O)NC(CC2CCCCC2)C(O)N2CCCCC2)C1O. The zero-order chi connectivity index (χ0) is 25.5. The van der Waals surface area contributed by atoms with Crippen molar-refractivity contribution in [3.05, 3.63) is 0 Å². The van der Waals surface area contributed by atoms with E-state index in [1.807, 2.05) is 18.7 Å². The first-order chi connectivity index (χ1) is 16.7. The fourth-order valence-corrected chi connectivity index (χ4v) is 6.18. The van der Waals surface area contributed by atoms with Crippen molar-refractivity contribution in [2.45, 2.75) is 128 Å². The first-order valence-corrected chi connectivity index (χ1v) is 13.6. The number of likely N-dealkylation sites (tertiary alicyclic amines) is 1. The second-order valence-corrected chi connectivity index (χ2v) is 11.3. The first-order valence-electron chi connectivity index (χ1n) is 13.6. The summed E-state index contributed by atoms with van der Waals surface area (Å²) in [5, 5.41) is 59.8. The average molecular weight is 501 g/mol. The lowest BCUT2D eigenvalue weighted by atomic mass is 9.84. The van der Waals surface area contributed by atoms with Gasteiger partial charge in [-0.05, 0) is 37.5 Å². The van der Waals surface area contributed by atoms with Crippen molar-refractivity contribution < 1.29 is 30.3 Å². The third kappa shape index (κ3) is 8.07. The maximum atomic E-state index is 11.7. The Hall–Kier alpha value is -0.850. The number of rotatable bonds is 12. The first kappa shape index (κ1) is 28.7. The number of nitrogens with zero attached hydrogens (tertiary/aromatic N) is 2. The van der Waals surface area contributed by atoms with Crippen molar-refractivity contribution in [2.75, 3.05) is 13.1 Å². The summed E-state index contributed by atoms with van der Waals surface area (Å²) in [6.45, 7) is 5.60. The molecule has 1 aliphatic carbocycles. The lowest BCUT2D eigenvalue weighted by Crippen LogP contribution is -2.61. The molecule has 3 fully saturated rings. The standard InChI is InChI=1S/C25H48N4O6/c1-16(2)13-18-24(34)29(25(35)27-18)20(15-21(30)31)22(32)26-19(14-17-9-5-3-6-10-17)23(33)28-11-7-4-8-12-28/h16-20,22-27,32-35H,3-15H2,1-2H3,(H,30,31)/t18-,19?,20-,22?,23?,24?,25?/m0/s1. The quantitative estimate of drug-likeness (QED) is 0.192. The number of carboxylic acid groups (broad SMARTS) is 1. The molecule has 0 aromatic heterocycles. The molecule has 5 unspecified atom stereocenters. The number of carboxylic acids is 1. The Bertz CT molecular complexity index is 643. The third-order valence-corrected chi connectivity index (χ3v) is 7.99. The molecule has 0 amide bonds. The fraction of sp³-hybridized carbons (Fsp3) is 0.960. The Balaban J connectivity index is 1.76. The van der Waals surface area contributed by atoms with Gasteiger partial charge in [0, 0.05) is 19.1 Å². The van der Waals surface area contributed by atoms with Gasteiger partial charge in [0.1, 0.15) is 18.7 Å². The van der Waals surface area contributed by atoms with E-state index < -0.39 is 55.6 Å². The highest BCUT2D eigenvalue weighted by Crippen LogP contribution is 2.30. The Morgan fingerprint density at radius 1 is 1.00 bits per heavy atom. The lowest BCUT2D eigenvalue weighted by molar-refractivity contribution is -0.151. The number of aliphatic hydroxyl groups is 4. The van der Waals surface area contributed by atoms with E-state index in [1.165, 1.54) is 11.3 Å². The zero-order valence-electron chi connectivity index (χ0n) is 21.4. The van der Waals surface area contributed by atoms with Crippen molar-refractivity contribution >= 4 is 5.97 Å². The van der Waals surface area contributed by atoms with E-state index in [-0.39, 0.29) is 5.92 Å². The molecule has 7 atom stereocenters. The van der Waals surface area contributed by atoms with E-state index in [0.717, 1.165) is 58.0 Å². The van der Waals surface area contributed by atoms with E-state index in [0.29, 0.717) is 18.8 Å². The maximum Gasteiger partial charge on any atom is 0.305 e. The predicted molar refractivity (Wildman–Crippen MR) is 132 cm³/mol. The van der Waals surface area contributed by atoms with Gasteiger partial charge in [0.15, 0.2) is 6.35 Å². The summed E-state index contributed by atoms with van der Waals surface area (Å²) in [6, 6.07) is -1.96. The molecule has 10 heteroatoms. The van der Waals surface area contributed by atoms with Crippen molar-refractivity contribution in [3.8, 4) is 0 Å². The Labute approximate surface area is 209 Å². The highest BCUT2D eigenvalue weighted by Gasteiger charge is 2.46. The van der Waals surface area contributed by atoms with Gasteiger partial charge < -0.3 is 25.5 Å². The molecule has 3 aliphatic rings. The van der Waals surface area contributed by atoms with Crippen molar-refractivity contribution in [3.63, 3.8) is 0 Å². The Morgan fingerprint density at radius 2 is 1.63 bits per heavy atom. The van der Waals surface area contributed by atoms with Crippen LogP contribution in [-0.2, 0) is 4.79 Å². The number of hydrogen-bond acceptors (Lipinski definition) is 9. The number of piperidine rings is 1. The molecule has 0 aromatic rings. The number of aliphatic carboxylic acids is 1. The van der Waals surface area contributed by atoms with Crippen LogP contribution in [0.4, 0.5) is 0 Å². The summed E-state index contributed by atoms with van der Waals surface area (Å²) < 4.78 is 0. The van der Waals surface area contributed by atoms with Gasteiger partial charge in [0.25, 0.3) is 0 Å². The van der Waals surface area contributed by atoms with Gasteiger partial charge in [-0.25, -0.2) is 4.90 Å². The summed E-state index contributed by atoms with van der Waals surface area (Å²) in [6.07, 6.45) is 5.15. The summed E-state index contributed by atoms with van der Waals surface area (Å²) in [7, 11) is 0. The zero-order valence-corrected chi connectivity index (χ0v) is 21.4. The van der Waals surface area contributed by atoms with E-state index >= 15 is 0 Å². The lowest BCUT2D eigenvalue weighted by Gasteiger charge is -2.41. The molecule has 7 N–H and O–H groups in total. The molecule has 0 aromatic carbocycles. The molecule has 2 heterocycles. The van der Waals surface area contributed by atoms with Crippen LogP contribution >= 0.6 is 0 Å². The summed E-state index contributed by atoms with van der Waals surface area (Å²) >= 11 is 0. The number of nitrogens with one attached hydrogen (secondary N) is 2. The van der Waals surface area contributed by atoms with Crippen LogP contribution in [0.2, 0.25) is 0 Å². The second-order valence-electron chi connectivity index (χ2n) is 11.3. The molecule has 2 saturated heterocycles. The van der Waals surface area contributed by atoms with Gasteiger partial charge >= 0.3 is 5.97 Å². The number of aliphatic hydroxyl groups excluding tert-OH is 4. The molecule has 0 bridgehead atoms. The van der Waals surface area contributed by atoms with Crippen LogP contribution in [0.15, 0.2) is 0 Å². The monoisotopic (exact) mass is 500 g/mol. The predicted octanol–water partition coefficient (Wildman–Crippen LogP) is 0.795. The van der Waals surface area contributed by atoms with Crippen LogP contribution in [0.25, 0.3) is 0 Å². The molecular weight excluding hydrogens is 452 g/mol. The molecule has 35 heavy (non-hydrogen) atoms. The van der Waals surface area contributed by atoms with Gasteiger partial charge in [0.2, 0.25) is 0 Å². The number of hydrogen-bond donors (Lipinski definition) is 7. The topological polar surface area (TPSA) is 149 Å². The van der Waals surface area contributed by atoms with E-state index in [9.17, 15) is 30.3 Å². The van der Waals surface area contributed by atoms with Gasteiger partial charge in [-0.3, -0.25) is 20.3 Å². The molecule has 1 saturated carbocycles. The molecular formula is C25H48N4O6. The maximum absolute atomic E-state index is 11.7. The van der Waals surface area contributed by atoms with Gasteiger partial charge in [-0.2, -0.15) is 0 Å².